The zero-order valence-corrected chi connectivity index (χ0v) is 12.6. The van der Waals surface area contributed by atoms with Crippen molar-refractivity contribution in [2.24, 2.45) is 5.92 Å². The average Bonchev–Trinajstić information content (AvgIpc) is 2.36. The highest BCUT2D eigenvalue weighted by molar-refractivity contribution is 7.89. The van der Waals surface area contributed by atoms with Crippen molar-refractivity contribution in [3.05, 3.63) is 0 Å². The van der Waals surface area contributed by atoms with Crippen LogP contribution in [0.4, 0.5) is 0 Å². The molecule has 1 saturated carbocycles. The Bertz CT molecular complexity index is 395. The van der Waals surface area contributed by atoms with Gasteiger partial charge >= 0.3 is 5.97 Å². The summed E-state index contributed by atoms with van der Waals surface area (Å²) in [5.41, 5.74) is -1.35. The Morgan fingerprint density at radius 3 is 2.16 bits per heavy atom. The first-order valence-electron chi connectivity index (χ1n) is 7.10. The third-order valence-electron chi connectivity index (χ3n) is 4.15. The molecule has 1 rings (SSSR count). The average molecular weight is 291 g/mol. The van der Waals surface area contributed by atoms with Crippen LogP contribution in [0.5, 0.6) is 0 Å². The molecule has 0 radical (unpaired) electrons. The summed E-state index contributed by atoms with van der Waals surface area (Å²) in [7, 11) is -3.54. The molecular weight excluding hydrogens is 266 g/mol. The number of carboxylic acid groups (broad SMARTS) is 1. The second-order valence-electron chi connectivity index (χ2n) is 5.48. The summed E-state index contributed by atoms with van der Waals surface area (Å²) < 4.78 is 26.7. The van der Waals surface area contributed by atoms with E-state index >= 15 is 0 Å². The van der Waals surface area contributed by atoms with Gasteiger partial charge in [0.1, 0.15) is 5.54 Å². The molecule has 0 heterocycles. The molecule has 0 amide bonds. The quantitative estimate of drug-likeness (QED) is 0.752. The molecule has 112 valence electrons. The van der Waals surface area contributed by atoms with E-state index in [2.05, 4.69) is 4.72 Å². The fourth-order valence-corrected chi connectivity index (χ4v) is 4.75. The number of rotatable bonds is 7. The van der Waals surface area contributed by atoms with E-state index in [0.717, 1.165) is 25.7 Å². The van der Waals surface area contributed by atoms with Crippen molar-refractivity contribution < 1.29 is 18.3 Å². The molecule has 0 aromatic rings. The summed E-state index contributed by atoms with van der Waals surface area (Å²) in [5.74, 6) is -0.863. The second-order valence-corrected chi connectivity index (χ2v) is 7.25. The molecule has 2 N–H and O–H groups in total. The standard InChI is InChI=1S/C13H25NO4S/c1-3-13(4-2,12(15)16)14-19(17,18)10-11-8-6-5-7-9-11/h11,14H,3-10H2,1-2H3,(H,15,16). The Balaban J connectivity index is 2.73. The third kappa shape index (κ3) is 4.45. The van der Waals surface area contributed by atoms with E-state index in [1.807, 2.05) is 0 Å². The molecule has 1 aliphatic rings. The Labute approximate surface area is 115 Å². The monoisotopic (exact) mass is 291 g/mol. The molecule has 1 fully saturated rings. The van der Waals surface area contributed by atoms with Gasteiger partial charge in [-0.05, 0) is 31.6 Å². The van der Waals surface area contributed by atoms with Crippen LogP contribution in [-0.2, 0) is 14.8 Å². The van der Waals surface area contributed by atoms with Gasteiger partial charge in [0.15, 0.2) is 0 Å². The van der Waals surface area contributed by atoms with Crippen molar-refractivity contribution >= 4 is 16.0 Å². The highest BCUT2D eigenvalue weighted by Gasteiger charge is 2.39. The first-order valence-corrected chi connectivity index (χ1v) is 8.75. The first-order chi connectivity index (χ1) is 8.85. The summed E-state index contributed by atoms with van der Waals surface area (Å²) in [6, 6.07) is 0. The topological polar surface area (TPSA) is 83.5 Å². The predicted octanol–water partition coefficient (Wildman–Crippen LogP) is 2.13. The maximum Gasteiger partial charge on any atom is 0.324 e. The lowest BCUT2D eigenvalue weighted by molar-refractivity contribution is -0.144. The molecule has 0 aromatic heterocycles. The van der Waals surface area contributed by atoms with E-state index in [0.29, 0.717) is 0 Å². The van der Waals surface area contributed by atoms with E-state index in [-0.39, 0.29) is 24.5 Å². The van der Waals surface area contributed by atoms with E-state index < -0.39 is 21.5 Å². The normalized spacial score (nSPS) is 18.4. The maximum absolute atomic E-state index is 12.2. The molecule has 0 aromatic carbocycles. The first kappa shape index (κ1) is 16.4. The van der Waals surface area contributed by atoms with E-state index in [1.165, 1.54) is 6.42 Å². The molecule has 0 saturated heterocycles. The van der Waals surface area contributed by atoms with Crippen LogP contribution < -0.4 is 4.72 Å². The summed E-state index contributed by atoms with van der Waals surface area (Å²) in [4.78, 5) is 11.3. The third-order valence-corrected chi connectivity index (χ3v) is 5.76. The predicted molar refractivity (Wildman–Crippen MR) is 74.4 cm³/mol. The van der Waals surface area contributed by atoms with Gasteiger partial charge in [-0.3, -0.25) is 4.79 Å². The van der Waals surface area contributed by atoms with Crippen molar-refractivity contribution in [3.8, 4) is 0 Å². The Morgan fingerprint density at radius 1 is 1.21 bits per heavy atom. The lowest BCUT2D eigenvalue weighted by atomic mass is 9.91. The van der Waals surface area contributed by atoms with Crippen LogP contribution in [0.3, 0.4) is 0 Å². The van der Waals surface area contributed by atoms with Gasteiger partial charge in [0.2, 0.25) is 10.0 Å². The number of aliphatic carboxylic acids is 1. The molecule has 0 spiro atoms. The summed E-state index contributed by atoms with van der Waals surface area (Å²) in [6.45, 7) is 3.39. The van der Waals surface area contributed by atoms with Crippen LogP contribution in [-0.4, -0.2) is 30.8 Å². The molecule has 1 aliphatic carbocycles. The van der Waals surface area contributed by atoms with Crippen LogP contribution in [0.25, 0.3) is 0 Å². The van der Waals surface area contributed by atoms with Gasteiger partial charge in [0.05, 0.1) is 5.75 Å². The molecule has 0 aliphatic heterocycles. The van der Waals surface area contributed by atoms with Crippen molar-refractivity contribution in [2.45, 2.75) is 64.3 Å². The maximum atomic E-state index is 12.2. The largest absolute Gasteiger partial charge is 0.480 e. The molecule has 0 bridgehead atoms. The summed E-state index contributed by atoms with van der Waals surface area (Å²) >= 11 is 0. The van der Waals surface area contributed by atoms with Crippen molar-refractivity contribution in [3.63, 3.8) is 0 Å². The van der Waals surface area contributed by atoms with Gasteiger partial charge in [-0.2, -0.15) is 4.72 Å². The van der Waals surface area contributed by atoms with E-state index in [4.69, 9.17) is 0 Å². The number of carbonyl (C=O) groups is 1. The van der Waals surface area contributed by atoms with E-state index in [9.17, 15) is 18.3 Å². The Kier molecular flexibility index (Phi) is 5.80. The highest BCUT2D eigenvalue weighted by Crippen LogP contribution is 2.26. The smallest absolute Gasteiger partial charge is 0.324 e. The number of nitrogens with one attached hydrogen (secondary N) is 1. The fraction of sp³-hybridized carbons (Fsp3) is 0.923. The Hall–Kier alpha value is -0.620. The number of hydrogen-bond acceptors (Lipinski definition) is 3. The summed E-state index contributed by atoms with van der Waals surface area (Å²) in [6.07, 6.45) is 5.69. The molecule has 6 heteroatoms. The molecule has 5 nitrogen and oxygen atoms in total. The van der Waals surface area contributed by atoms with Gasteiger partial charge in [-0.1, -0.05) is 33.1 Å². The zero-order valence-electron chi connectivity index (χ0n) is 11.8. The number of sulfonamides is 1. The summed E-state index contributed by atoms with van der Waals surface area (Å²) in [5, 5.41) is 9.27. The van der Waals surface area contributed by atoms with Gasteiger partial charge in [0, 0.05) is 0 Å². The SMILES string of the molecule is CCC(CC)(NS(=O)(=O)CC1CCCCC1)C(=O)O. The minimum absolute atomic E-state index is 0.0576. The lowest BCUT2D eigenvalue weighted by Crippen LogP contribution is -2.54. The van der Waals surface area contributed by atoms with Crippen LogP contribution in [0.2, 0.25) is 0 Å². The van der Waals surface area contributed by atoms with Crippen LogP contribution in [0.15, 0.2) is 0 Å². The molecular formula is C13H25NO4S. The number of carboxylic acids is 1. The van der Waals surface area contributed by atoms with Crippen molar-refractivity contribution in [1.82, 2.24) is 4.72 Å². The van der Waals surface area contributed by atoms with Crippen LogP contribution in [0, 0.1) is 5.92 Å². The van der Waals surface area contributed by atoms with Crippen LogP contribution >= 0.6 is 0 Å². The van der Waals surface area contributed by atoms with Crippen molar-refractivity contribution in [2.75, 3.05) is 5.75 Å². The number of hydrogen-bond donors (Lipinski definition) is 2. The van der Waals surface area contributed by atoms with Crippen LogP contribution in [0.1, 0.15) is 58.8 Å². The van der Waals surface area contributed by atoms with Gasteiger partial charge in [0.25, 0.3) is 0 Å². The highest BCUT2D eigenvalue weighted by atomic mass is 32.2. The van der Waals surface area contributed by atoms with E-state index in [1.54, 1.807) is 13.8 Å². The zero-order chi connectivity index (χ0) is 14.5. The molecule has 0 atom stereocenters. The van der Waals surface area contributed by atoms with Gasteiger partial charge in [-0.15, -0.1) is 0 Å². The molecule has 19 heavy (non-hydrogen) atoms. The molecule has 0 unspecified atom stereocenters. The van der Waals surface area contributed by atoms with Gasteiger partial charge in [-0.25, -0.2) is 8.42 Å². The Morgan fingerprint density at radius 2 is 1.74 bits per heavy atom. The minimum Gasteiger partial charge on any atom is -0.480 e. The lowest BCUT2D eigenvalue weighted by Gasteiger charge is -2.29. The second kappa shape index (κ2) is 6.70. The minimum atomic E-state index is -3.54. The van der Waals surface area contributed by atoms with Gasteiger partial charge < -0.3 is 5.11 Å². The van der Waals surface area contributed by atoms with Crippen molar-refractivity contribution in [1.29, 1.82) is 0 Å². The fourth-order valence-electron chi connectivity index (χ4n) is 2.74.